The largest absolute Gasteiger partial charge is 0.468 e. The van der Waals surface area contributed by atoms with Gasteiger partial charge < -0.3 is 4.74 Å². The maximum absolute atomic E-state index is 12.5. The molecule has 1 aromatic carbocycles. The summed E-state index contributed by atoms with van der Waals surface area (Å²) in [5.74, 6) is -0.486. The summed E-state index contributed by atoms with van der Waals surface area (Å²) in [7, 11) is 1.34. The third kappa shape index (κ3) is 1.84. The van der Waals surface area contributed by atoms with Gasteiger partial charge in [-0.05, 0) is 56.4 Å². The number of benzene rings is 1. The van der Waals surface area contributed by atoms with E-state index in [-0.39, 0.29) is 5.78 Å². The predicted octanol–water partition coefficient (Wildman–Crippen LogP) is 2.75. The number of carbonyl (C=O) groups excluding carboxylic acids is 2. The van der Waals surface area contributed by atoms with E-state index in [0.717, 1.165) is 16.7 Å². The van der Waals surface area contributed by atoms with Gasteiger partial charge in [-0.2, -0.15) is 0 Å². The van der Waals surface area contributed by atoms with Crippen LogP contribution in [0.3, 0.4) is 0 Å². The number of Topliss-reactive ketones (excluding diaryl/α,β-unsaturated/α-hetero) is 1. The lowest BCUT2D eigenvalue weighted by molar-refractivity contribution is -0.145. The molecule has 0 N–H and O–H groups in total. The van der Waals surface area contributed by atoms with Gasteiger partial charge in [0.2, 0.25) is 0 Å². The molecule has 0 heterocycles. The fourth-order valence-corrected chi connectivity index (χ4v) is 2.31. The molecule has 0 unspecified atom stereocenters. The van der Waals surface area contributed by atoms with Gasteiger partial charge in [-0.3, -0.25) is 9.59 Å². The number of rotatable bonds is 3. The minimum absolute atomic E-state index is 0.0880. The fraction of sp³-hybridized carbons (Fsp3) is 0.467. The number of ketones is 1. The first-order valence-corrected chi connectivity index (χ1v) is 6.13. The summed E-state index contributed by atoms with van der Waals surface area (Å²) in [6.07, 6.45) is 1.20. The average molecular weight is 246 g/mol. The standard InChI is InChI=1S/C15H18O3/c1-9-7-11(3)12(8-10(9)2)13(16)15(5-6-15)14(17)18-4/h7-8H,5-6H2,1-4H3. The quantitative estimate of drug-likeness (QED) is 0.468. The van der Waals surface area contributed by atoms with Gasteiger partial charge >= 0.3 is 5.97 Å². The third-order valence-electron chi connectivity index (χ3n) is 3.85. The van der Waals surface area contributed by atoms with Crippen molar-refractivity contribution in [2.45, 2.75) is 33.6 Å². The summed E-state index contributed by atoms with van der Waals surface area (Å²) in [4.78, 5) is 24.2. The first-order valence-electron chi connectivity index (χ1n) is 6.13. The molecule has 0 bridgehead atoms. The molecule has 3 nitrogen and oxygen atoms in total. The van der Waals surface area contributed by atoms with E-state index in [1.54, 1.807) is 0 Å². The van der Waals surface area contributed by atoms with Crippen LogP contribution in [0.25, 0.3) is 0 Å². The van der Waals surface area contributed by atoms with Crippen LogP contribution in [0.4, 0.5) is 0 Å². The second-order valence-electron chi connectivity index (χ2n) is 5.15. The molecule has 3 heteroatoms. The van der Waals surface area contributed by atoms with Crippen molar-refractivity contribution in [1.29, 1.82) is 0 Å². The lowest BCUT2D eigenvalue weighted by Gasteiger charge is -2.14. The van der Waals surface area contributed by atoms with Crippen LogP contribution in [0, 0.1) is 26.2 Å². The molecule has 1 aliphatic rings. The number of hydrogen-bond donors (Lipinski definition) is 0. The molecule has 0 aliphatic heterocycles. The molecule has 1 fully saturated rings. The van der Waals surface area contributed by atoms with Gasteiger partial charge in [-0.15, -0.1) is 0 Å². The zero-order valence-electron chi connectivity index (χ0n) is 11.3. The lowest BCUT2D eigenvalue weighted by atomic mass is 9.89. The number of carbonyl (C=O) groups is 2. The Labute approximate surface area is 107 Å². The van der Waals surface area contributed by atoms with E-state index in [1.807, 2.05) is 32.9 Å². The zero-order chi connectivity index (χ0) is 13.5. The molecule has 0 amide bonds. The van der Waals surface area contributed by atoms with Crippen LogP contribution in [0.1, 0.15) is 39.9 Å². The fourth-order valence-electron chi connectivity index (χ4n) is 2.31. The van der Waals surface area contributed by atoms with E-state index in [4.69, 9.17) is 4.74 Å². The van der Waals surface area contributed by atoms with Crippen LogP contribution in [0.2, 0.25) is 0 Å². The van der Waals surface area contributed by atoms with E-state index in [2.05, 4.69) is 0 Å². The van der Waals surface area contributed by atoms with Gasteiger partial charge in [0.1, 0.15) is 5.41 Å². The molecule has 18 heavy (non-hydrogen) atoms. The Balaban J connectivity index is 2.41. The lowest BCUT2D eigenvalue weighted by Crippen LogP contribution is -2.27. The predicted molar refractivity (Wildman–Crippen MR) is 68.7 cm³/mol. The summed E-state index contributed by atoms with van der Waals surface area (Å²) in [6.45, 7) is 5.90. The molecule has 0 saturated heterocycles. The van der Waals surface area contributed by atoms with E-state index in [9.17, 15) is 9.59 Å². The second kappa shape index (κ2) is 4.23. The average Bonchev–Trinajstić information content (AvgIpc) is 3.13. The molecular weight excluding hydrogens is 228 g/mol. The summed E-state index contributed by atoms with van der Waals surface area (Å²) in [6, 6.07) is 3.88. The van der Waals surface area contributed by atoms with Crippen molar-refractivity contribution in [3.63, 3.8) is 0 Å². The van der Waals surface area contributed by atoms with Crippen molar-refractivity contribution < 1.29 is 14.3 Å². The van der Waals surface area contributed by atoms with E-state index < -0.39 is 11.4 Å². The monoisotopic (exact) mass is 246 g/mol. The first kappa shape index (κ1) is 12.8. The van der Waals surface area contributed by atoms with Crippen molar-refractivity contribution in [1.82, 2.24) is 0 Å². The Hall–Kier alpha value is -1.64. The smallest absolute Gasteiger partial charge is 0.319 e. The van der Waals surface area contributed by atoms with Crippen molar-refractivity contribution in [3.05, 3.63) is 34.4 Å². The third-order valence-corrected chi connectivity index (χ3v) is 3.85. The van der Waals surface area contributed by atoms with Crippen LogP contribution in [-0.4, -0.2) is 18.9 Å². The van der Waals surface area contributed by atoms with Crippen molar-refractivity contribution >= 4 is 11.8 Å². The SMILES string of the molecule is COC(=O)C1(C(=O)c2cc(C)c(C)cc2C)CC1. The highest BCUT2D eigenvalue weighted by Crippen LogP contribution is 2.49. The molecular formula is C15H18O3. The number of esters is 1. The van der Waals surface area contributed by atoms with Crippen LogP contribution >= 0.6 is 0 Å². The van der Waals surface area contributed by atoms with E-state index in [0.29, 0.717) is 18.4 Å². The highest BCUT2D eigenvalue weighted by molar-refractivity contribution is 6.15. The van der Waals surface area contributed by atoms with Crippen molar-refractivity contribution in [2.24, 2.45) is 5.41 Å². The molecule has 1 aliphatic carbocycles. The minimum atomic E-state index is -0.902. The van der Waals surface area contributed by atoms with Gasteiger partial charge in [0, 0.05) is 5.56 Å². The van der Waals surface area contributed by atoms with Gasteiger partial charge in [0.05, 0.1) is 7.11 Å². The van der Waals surface area contributed by atoms with Gasteiger partial charge in [-0.25, -0.2) is 0 Å². The Morgan fingerprint density at radius 3 is 2.11 bits per heavy atom. The minimum Gasteiger partial charge on any atom is -0.468 e. The number of hydrogen-bond acceptors (Lipinski definition) is 3. The maximum atomic E-state index is 12.5. The molecule has 96 valence electrons. The Morgan fingerprint density at radius 2 is 1.61 bits per heavy atom. The van der Waals surface area contributed by atoms with Crippen LogP contribution in [-0.2, 0) is 9.53 Å². The highest BCUT2D eigenvalue weighted by atomic mass is 16.5. The molecule has 0 atom stereocenters. The van der Waals surface area contributed by atoms with Crippen molar-refractivity contribution in [2.75, 3.05) is 7.11 Å². The number of ether oxygens (including phenoxy) is 1. The second-order valence-corrected chi connectivity index (χ2v) is 5.15. The molecule has 0 spiro atoms. The van der Waals surface area contributed by atoms with Crippen LogP contribution < -0.4 is 0 Å². The molecule has 0 aromatic heterocycles. The van der Waals surface area contributed by atoms with E-state index in [1.165, 1.54) is 7.11 Å². The Kier molecular flexibility index (Phi) is 3.01. The van der Waals surface area contributed by atoms with Gasteiger partial charge in [0.15, 0.2) is 5.78 Å². The van der Waals surface area contributed by atoms with Gasteiger partial charge in [0.25, 0.3) is 0 Å². The van der Waals surface area contributed by atoms with E-state index >= 15 is 0 Å². The molecule has 1 aromatic rings. The van der Waals surface area contributed by atoms with Gasteiger partial charge in [-0.1, -0.05) is 6.07 Å². The summed E-state index contributed by atoms with van der Waals surface area (Å²) in [5.41, 5.74) is 2.91. The highest BCUT2D eigenvalue weighted by Gasteiger charge is 2.57. The summed E-state index contributed by atoms with van der Waals surface area (Å²) in [5, 5.41) is 0. The number of methoxy groups -OCH3 is 1. The maximum Gasteiger partial charge on any atom is 0.319 e. The molecule has 0 radical (unpaired) electrons. The number of aryl methyl sites for hydroxylation is 3. The normalized spacial score (nSPS) is 16.2. The van der Waals surface area contributed by atoms with Crippen LogP contribution in [0.5, 0.6) is 0 Å². The first-order chi connectivity index (χ1) is 8.42. The summed E-state index contributed by atoms with van der Waals surface area (Å²) >= 11 is 0. The molecule has 2 rings (SSSR count). The van der Waals surface area contributed by atoms with Crippen LogP contribution in [0.15, 0.2) is 12.1 Å². The Bertz CT molecular complexity index is 525. The molecule has 1 saturated carbocycles. The topological polar surface area (TPSA) is 43.4 Å². The van der Waals surface area contributed by atoms with Crippen molar-refractivity contribution in [3.8, 4) is 0 Å². The summed E-state index contributed by atoms with van der Waals surface area (Å²) < 4.78 is 4.75. The zero-order valence-corrected chi connectivity index (χ0v) is 11.3. The Morgan fingerprint density at radius 1 is 1.06 bits per heavy atom.